The lowest BCUT2D eigenvalue weighted by molar-refractivity contribution is -0.0597. The molecule has 2 saturated heterocycles. The lowest BCUT2D eigenvalue weighted by atomic mass is 10.1. The number of phosphoric ester groups is 2. The van der Waals surface area contributed by atoms with Crippen LogP contribution in [0.3, 0.4) is 0 Å². The minimum absolute atomic E-state index is 0.0491. The number of carbonyl (C=O) groups is 2. The maximum Gasteiger partial charge on any atom is 0.490 e. The molecule has 2 aliphatic heterocycles. The number of hydrogen-bond donors (Lipinski definition) is 8. The van der Waals surface area contributed by atoms with Gasteiger partial charge >= 0.3 is 54.6 Å². The van der Waals surface area contributed by atoms with Gasteiger partial charge in [-0.05, 0) is 24.3 Å². The van der Waals surface area contributed by atoms with Gasteiger partial charge in [0.15, 0.2) is 24.7 Å². The number of esters is 2. The molecular formula is C32H34N4O25P4. The molecule has 4 unspecified atom stereocenters. The summed E-state index contributed by atoms with van der Waals surface area (Å²) < 4.78 is 95.4. The number of aliphatic hydroxyl groups excluding tert-OH is 2. The summed E-state index contributed by atoms with van der Waals surface area (Å²) in [5, 5.41) is 20.6. The second kappa shape index (κ2) is 19.9. The molecule has 0 radical (unpaired) electrons. The maximum atomic E-state index is 13.3. The number of aliphatic hydroxyl groups is 2. The molecule has 2 aliphatic rings. The standard InChI is InChI=1S/C32H34N4O25P4/c37-21-11-13-35(31(43)33-21)27-24(40)23(39)19(55-27)15-53-62(45,46)59-64(49,50)61-65(51,52)60-63(47,48)54-16-20-25(57-29(41)17-7-3-1-4-8-17)26(58-30(42)18-9-5-2-6-10-18)28(56-20)36-14-12-22(38)34-32(36)44/h1-14,19-20,23-28,39-40H,15-16H2,(H,45,46)(H,47,48)(H,49,50)(H,51,52)(H,33,37,43)(H,34,38,44)/t19-,20-,23-,24-,25-,26-,27-,28-/m1/s1. The fourth-order valence-corrected chi connectivity index (χ4v) is 11.0. The van der Waals surface area contributed by atoms with Gasteiger partial charge in [0.1, 0.15) is 24.4 Å². The van der Waals surface area contributed by atoms with Crippen molar-refractivity contribution in [2.75, 3.05) is 13.2 Å². The molecule has 2 aromatic carbocycles. The molecule has 0 spiro atoms. The molecule has 8 N–H and O–H groups in total. The number of rotatable bonds is 18. The zero-order valence-electron chi connectivity index (χ0n) is 32.2. The topological polar surface area (TPSA) is 417 Å². The third-order valence-electron chi connectivity index (χ3n) is 8.80. The summed E-state index contributed by atoms with van der Waals surface area (Å²) in [6.45, 7) is -2.56. The molecule has 33 heteroatoms. The second-order valence-electron chi connectivity index (χ2n) is 13.3. The predicted octanol–water partition coefficient (Wildman–Crippen LogP) is -0.461. The van der Waals surface area contributed by atoms with E-state index < -0.39 is 128 Å². The highest BCUT2D eigenvalue weighted by molar-refractivity contribution is 7.69. The van der Waals surface area contributed by atoms with E-state index in [2.05, 4.69) is 17.5 Å². The Morgan fingerprint density at radius 2 is 0.954 bits per heavy atom. The van der Waals surface area contributed by atoms with Crippen LogP contribution in [0.2, 0.25) is 0 Å². The molecule has 0 bridgehead atoms. The molecular weight excluding hydrogens is 964 g/mol. The zero-order chi connectivity index (χ0) is 47.5. The Hall–Kier alpha value is -4.86. The van der Waals surface area contributed by atoms with E-state index in [1.807, 2.05) is 9.97 Å². The number of nitrogens with one attached hydrogen (secondary N) is 2. The number of benzene rings is 2. The van der Waals surface area contributed by atoms with E-state index in [9.17, 15) is 76.8 Å². The molecule has 65 heavy (non-hydrogen) atoms. The highest BCUT2D eigenvalue weighted by Gasteiger charge is 2.53. The summed E-state index contributed by atoms with van der Waals surface area (Å²) in [5.74, 6) is -2.17. The van der Waals surface area contributed by atoms with Gasteiger partial charge in [0.05, 0.1) is 24.3 Å². The lowest BCUT2D eigenvalue weighted by Crippen LogP contribution is -2.42. The molecule has 4 heterocycles. The van der Waals surface area contributed by atoms with E-state index in [1.54, 1.807) is 12.1 Å². The monoisotopic (exact) mass is 998 g/mol. The smallest absolute Gasteiger partial charge is 0.452 e. The maximum absolute atomic E-state index is 13.3. The van der Waals surface area contributed by atoms with Gasteiger partial charge in [-0.25, -0.2) is 37.4 Å². The van der Waals surface area contributed by atoms with Gasteiger partial charge < -0.3 is 48.7 Å². The first-order chi connectivity index (χ1) is 30.4. The van der Waals surface area contributed by atoms with Gasteiger partial charge in [-0.3, -0.25) is 37.7 Å². The van der Waals surface area contributed by atoms with Crippen molar-refractivity contribution in [3.8, 4) is 0 Å². The van der Waals surface area contributed by atoms with Crippen LogP contribution in [0.5, 0.6) is 0 Å². The Bertz CT molecular complexity index is 2820. The summed E-state index contributed by atoms with van der Waals surface area (Å²) in [6.07, 6.45) is -12.9. The number of nitrogens with zero attached hydrogens (tertiary/aromatic N) is 2. The Balaban J connectivity index is 1.14. The first-order valence-corrected chi connectivity index (χ1v) is 24.0. The molecule has 12 atom stereocenters. The van der Waals surface area contributed by atoms with Crippen molar-refractivity contribution >= 4 is 43.2 Å². The van der Waals surface area contributed by atoms with Gasteiger partial charge in [-0.2, -0.15) is 12.9 Å². The van der Waals surface area contributed by atoms with E-state index in [-0.39, 0.29) is 11.1 Å². The molecule has 29 nitrogen and oxygen atoms in total. The summed E-state index contributed by atoms with van der Waals surface area (Å²) in [6, 6.07) is 16.0. The zero-order valence-corrected chi connectivity index (χ0v) is 35.8. The summed E-state index contributed by atoms with van der Waals surface area (Å²) in [7, 11) is -24.7. The number of aromatic amines is 2. The highest BCUT2D eigenvalue weighted by atomic mass is 31.3. The van der Waals surface area contributed by atoms with Gasteiger partial charge in [0, 0.05) is 24.5 Å². The van der Waals surface area contributed by atoms with Crippen LogP contribution >= 0.6 is 31.3 Å². The van der Waals surface area contributed by atoms with Crippen molar-refractivity contribution in [1.82, 2.24) is 19.1 Å². The fraction of sp³-hybridized carbons (Fsp3) is 0.312. The largest absolute Gasteiger partial charge is 0.490 e. The third-order valence-corrected chi connectivity index (χ3v) is 14.7. The number of carbonyl (C=O) groups excluding carboxylic acids is 2. The van der Waals surface area contributed by atoms with Crippen molar-refractivity contribution in [3.05, 3.63) is 138 Å². The van der Waals surface area contributed by atoms with Gasteiger partial charge in [0.2, 0.25) is 0 Å². The predicted molar refractivity (Wildman–Crippen MR) is 208 cm³/mol. The summed E-state index contributed by atoms with van der Waals surface area (Å²) >= 11 is 0. The van der Waals surface area contributed by atoms with Crippen LogP contribution in [-0.4, -0.2) is 111 Å². The minimum Gasteiger partial charge on any atom is -0.452 e. The van der Waals surface area contributed by atoms with Crippen molar-refractivity contribution in [3.63, 3.8) is 0 Å². The quantitative estimate of drug-likeness (QED) is 0.0462. The minimum atomic E-state index is -6.40. The first-order valence-electron chi connectivity index (χ1n) is 18.0. The normalized spacial score (nSPS) is 26.8. The molecule has 0 saturated carbocycles. The van der Waals surface area contributed by atoms with Crippen LogP contribution in [0.25, 0.3) is 0 Å². The van der Waals surface area contributed by atoms with E-state index in [0.29, 0.717) is 9.13 Å². The lowest BCUT2D eigenvalue weighted by Gasteiger charge is -2.25. The molecule has 2 fully saturated rings. The molecule has 6 rings (SSSR count). The van der Waals surface area contributed by atoms with E-state index in [1.165, 1.54) is 48.5 Å². The van der Waals surface area contributed by atoms with Crippen molar-refractivity contribution in [1.29, 1.82) is 0 Å². The van der Waals surface area contributed by atoms with Gasteiger partial charge in [-0.1, -0.05) is 36.4 Å². The Labute approximate surface area is 360 Å². The molecule has 352 valence electrons. The molecule has 0 amide bonds. The SMILES string of the molecule is O=C(O[C@@H]1[C@H](OC(=O)c2ccccc2)[C@@H](COP(=O)(O)OP(=O)(O)OP(=O)(O)OP(=O)(O)OC[C@H]2O[C@@H](n3ccc(=O)[nH]c3=O)[C@H](O)[C@@H]2O)O[C@H]1n1ccc(=O)[nH]c1=O)c1ccccc1. The molecule has 2 aromatic heterocycles. The Kier molecular flexibility index (Phi) is 15.2. The van der Waals surface area contributed by atoms with Crippen LogP contribution in [0.4, 0.5) is 0 Å². The number of phosphoric acid groups is 4. The van der Waals surface area contributed by atoms with Crippen molar-refractivity contribution in [2.24, 2.45) is 0 Å². The first kappa shape index (κ1) is 49.6. The third kappa shape index (κ3) is 12.7. The Morgan fingerprint density at radius 3 is 1.42 bits per heavy atom. The number of hydrogen-bond acceptors (Lipinski definition) is 21. The highest BCUT2D eigenvalue weighted by Crippen LogP contribution is 2.71. The van der Waals surface area contributed by atoms with Gasteiger partial charge in [-0.15, -0.1) is 0 Å². The second-order valence-corrected chi connectivity index (χ2v) is 19.6. The summed E-state index contributed by atoms with van der Waals surface area (Å²) in [5.41, 5.74) is -4.06. The molecule has 0 aliphatic carbocycles. The fourth-order valence-electron chi connectivity index (χ4n) is 6.02. The van der Waals surface area contributed by atoms with E-state index in [0.717, 1.165) is 24.5 Å². The number of aromatic nitrogens is 4. The number of ether oxygens (including phenoxy) is 4. The van der Waals surface area contributed by atoms with Crippen LogP contribution in [0.15, 0.2) is 104 Å². The average molecular weight is 999 g/mol. The van der Waals surface area contributed by atoms with Crippen molar-refractivity contribution in [2.45, 2.75) is 49.1 Å². The average Bonchev–Trinajstić information content (AvgIpc) is 3.69. The van der Waals surface area contributed by atoms with E-state index in [4.69, 9.17) is 23.5 Å². The summed E-state index contributed by atoms with van der Waals surface area (Å²) in [4.78, 5) is 119. The molecule has 4 aromatic rings. The number of H-pyrrole nitrogens is 2. The van der Waals surface area contributed by atoms with Crippen LogP contribution in [-0.2, 0) is 59.2 Å². The van der Waals surface area contributed by atoms with Gasteiger partial charge in [0.25, 0.3) is 11.1 Å². The van der Waals surface area contributed by atoms with E-state index >= 15 is 0 Å². The Morgan fingerprint density at radius 1 is 0.554 bits per heavy atom. The van der Waals surface area contributed by atoms with Crippen LogP contribution in [0, 0.1) is 0 Å². The van der Waals surface area contributed by atoms with Crippen LogP contribution in [0.1, 0.15) is 33.2 Å². The van der Waals surface area contributed by atoms with Crippen molar-refractivity contribution < 1.29 is 98.6 Å². The van der Waals surface area contributed by atoms with Crippen LogP contribution < -0.4 is 22.5 Å².